The molecule has 0 aliphatic rings. The SMILES string of the molecule is Cc1ccc(Cl)cc1N(CC(=O)Nc1ccc(S(=O)(=O)Nc2cccnc2)cc1)S(C)(=O)=O. The summed E-state index contributed by atoms with van der Waals surface area (Å²) in [4.78, 5) is 16.4. The number of nitrogens with zero attached hydrogens (tertiary/aromatic N) is 2. The Morgan fingerprint density at radius 3 is 2.33 bits per heavy atom. The predicted molar refractivity (Wildman–Crippen MR) is 128 cm³/mol. The van der Waals surface area contributed by atoms with Crippen LogP contribution in [0.15, 0.2) is 71.9 Å². The summed E-state index contributed by atoms with van der Waals surface area (Å²) in [5.41, 5.74) is 1.54. The molecule has 1 amide bonds. The molecule has 0 radical (unpaired) electrons. The van der Waals surface area contributed by atoms with Crippen LogP contribution in [0.4, 0.5) is 17.1 Å². The number of hydrogen-bond acceptors (Lipinski definition) is 6. The largest absolute Gasteiger partial charge is 0.325 e. The van der Waals surface area contributed by atoms with Crippen LogP contribution in [-0.2, 0) is 24.8 Å². The molecule has 0 bridgehead atoms. The van der Waals surface area contributed by atoms with E-state index in [9.17, 15) is 21.6 Å². The van der Waals surface area contributed by atoms with E-state index in [2.05, 4.69) is 15.0 Å². The Hall–Kier alpha value is -3.15. The first-order valence-corrected chi connectivity index (χ1v) is 13.2. The number of amides is 1. The second-order valence-electron chi connectivity index (χ2n) is 7.12. The van der Waals surface area contributed by atoms with E-state index in [1.807, 2.05) is 0 Å². The molecule has 0 saturated heterocycles. The number of hydrogen-bond donors (Lipinski definition) is 2. The first-order chi connectivity index (χ1) is 15.5. The minimum atomic E-state index is -3.84. The molecular formula is C21H21ClN4O5S2. The fourth-order valence-electron chi connectivity index (χ4n) is 2.92. The van der Waals surface area contributed by atoms with Crippen molar-refractivity contribution in [3.05, 3.63) is 77.6 Å². The van der Waals surface area contributed by atoms with Gasteiger partial charge in [0.15, 0.2) is 0 Å². The number of anilines is 3. The minimum absolute atomic E-state index is 0.0170. The van der Waals surface area contributed by atoms with Crippen LogP contribution in [0.5, 0.6) is 0 Å². The third kappa shape index (κ3) is 6.44. The third-order valence-electron chi connectivity index (χ3n) is 4.49. The molecule has 1 aromatic heterocycles. The molecule has 174 valence electrons. The van der Waals surface area contributed by atoms with Gasteiger partial charge in [-0.1, -0.05) is 17.7 Å². The Morgan fingerprint density at radius 2 is 1.73 bits per heavy atom. The van der Waals surface area contributed by atoms with Gasteiger partial charge in [0.1, 0.15) is 6.54 Å². The molecule has 0 aliphatic heterocycles. The van der Waals surface area contributed by atoms with Gasteiger partial charge >= 0.3 is 0 Å². The number of carbonyl (C=O) groups is 1. The van der Waals surface area contributed by atoms with Gasteiger partial charge in [-0.15, -0.1) is 0 Å². The first kappa shape index (κ1) is 24.5. The van der Waals surface area contributed by atoms with Crippen LogP contribution < -0.4 is 14.3 Å². The van der Waals surface area contributed by atoms with E-state index in [0.29, 0.717) is 27.6 Å². The smallest absolute Gasteiger partial charge is 0.261 e. The highest BCUT2D eigenvalue weighted by Crippen LogP contribution is 2.26. The van der Waals surface area contributed by atoms with E-state index in [4.69, 9.17) is 11.6 Å². The molecule has 0 aliphatic carbocycles. The Morgan fingerprint density at radius 1 is 1.03 bits per heavy atom. The highest BCUT2D eigenvalue weighted by Gasteiger charge is 2.23. The van der Waals surface area contributed by atoms with E-state index in [-0.39, 0.29) is 4.90 Å². The summed E-state index contributed by atoms with van der Waals surface area (Å²) >= 11 is 6.00. The molecule has 0 unspecified atom stereocenters. The predicted octanol–water partition coefficient (Wildman–Crippen LogP) is 3.25. The number of benzene rings is 2. The van der Waals surface area contributed by atoms with Crippen molar-refractivity contribution in [1.82, 2.24) is 4.98 Å². The highest BCUT2D eigenvalue weighted by atomic mass is 35.5. The standard InChI is InChI=1S/C21H21ClN4O5S2/c1-15-5-6-16(22)12-20(15)26(32(2,28)29)14-21(27)24-17-7-9-19(10-8-17)33(30,31)25-18-4-3-11-23-13-18/h3-13,25H,14H2,1-2H3,(H,24,27). The normalized spacial score (nSPS) is 11.6. The molecule has 0 saturated carbocycles. The lowest BCUT2D eigenvalue weighted by molar-refractivity contribution is -0.114. The van der Waals surface area contributed by atoms with Crippen molar-refractivity contribution in [2.24, 2.45) is 0 Å². The van der Waals surface area contributed by atoms with E-state index in [1.165, 1.54) is 42.7 Å². The van der Waals surface area contributed by atoms with Gasteiger partial charge in [-0.05, 0) is 61.0 Å². The van der Waals surface area contributed by atoms with Crippen molar-refractivity contribution in [3.63, 3.8) is 0 Å². The molecule has 3 rings (SSSR count). The zero-order valence-electron chi connectivity index (χ0n) is 17.7. The summed E-state index contributed by atoms with van der Waals surface area (Å²) in [6.45, 7) is 1.23. The number of pyridine rings is 1. The van der Waals surface area contributed by atoms with Gasteiger partial charge in [0, 0.05) is 16.9 Å². The van der Waals surface area contributed by atoms with Crippen LogP contribution >= 0.6 is 11.6 Å². The Labute approximate surface area is 197 Å². The van der Waals surface area contributed by atoms with Crippen LogP contribution in [0.2, 0.25) is 5.02 Å². The fourth-order valence-corrected chi connectivity index (χ4v) is 5.03. The zero-order chi connectivity index (χ0) is 24.2. The van der Waals surface area contributed by atoms with Crippen LogP contribution in [-0.4, -0.2) is 40.5 Å². The summed E-state index contributed by atoms with van der Waals surface area (Å²) in [6.07, 6.45) is 3.89. The van der Waals surface area contributed by atoms with E-state index in [0.717, 1.165) is 10.6 Å². The van der Waals surface area contributed by atoms with E-state index in [1.54, 1.807) is 31.2 Å². The topological polar surface area (TPSA) is 126 Å². The number of rotatable bonds is 8. The summed E-state index contributed by atoms with van der Waals surface area (Å²) in [7, 11) is -7.62. The molecule has 2 N–H and O–H groups in total. The second-order valence-corrected chi connectivity index (χ2v) is 11.1. The van der Waals surface area contributed by atoms with Gasteiger partial charge in [-0.3, -0.25) is 18.8 Å². The summed E-state index contributed by atoms with van der Waals surface area (Å²) in [5.74, 6) is -0.608. The minimum Gasteiger partial charge on any atom is -0.325 e. The Bertz CT molecular complexity index is 1360. The van der Waals surface area contributed by atoms with Crippen molar-refractivity contribution < 1.29 is 21.6 Å². The maximum absolute atomic E-state index is 12.6. The van der Waals surface area contributed by atoms with Crippen LogP contribution in [0.3, 0.4) is 0 Å². The molecular weight excluding hydrogens is 488 g/mol. The first-order valence-electron chi connectivity index (χ1n) is 9.52. The van der Waals surface area contributed by atoms with Crippen molar-refractivity contribution in [2.45, 2.75) is 11.8 Å². The van der Waals surface area contributed by atoms with E-state index < -0.39 is 32.5 Å². The Kier molecular flexibility index (Phi) is 7.25. The fraction of sp³-hybridized carbons (Fsp3) is 0.143. The zero-order valence-corrected chi connectivity index (χ0v) is 20.1. The summed E-state index contributed by atoms with van der Waals surface area (Å²) in [6, 6.07) is 13.4. The van der Waals surface area contributed by atoms with Gasteiger partial charge < -0.3 is 5.32 Å². The molecule has 2 aromatic carbocycles. The number of sulfonamides is 2. The third-order valence-corrected chi connectivity index (χ3v) is 7.25. The number of nitrogens with one attached hydrogen (secondary N) is 2. The number of aryl methyl sites for hydroxylation is 1. The molecule has 0 fully saturated rings. The lowest BCUT2D eigenvalue weighted by atomic mass is 10.2. The van der Waals surface area contributed by atoms with Crippen molar-refractivity contribution in [2.75, 3.05) is 27.1 Å². The molecule has 0 spiro atoms. The number of halogens is 1. The molecule has 12 heteroatoms. The maximum atomic E-state index is 12.6. The van der Waals surface area contributed by atoms with Gasteiger partial charge in [-0.2, -0.15) is 0 Å². The van der Waals surface area contributed by atoms with Gasteiger partial charge in [-0.25, -0.2) is 16.8 Å². The summed E-state index contributed by atoms with van der Waals surface area (Å²) in [5, 5.41) is 2.91. The number of aromatic nitrogens is 1. The van der Waals surface area contributed by atoms with Gasteiger partial charge in [0.05, 0.1) is 28.7 Å². The van der Waals surface area contributed by atoms with Gasteiger partial charge in [0.25, 0.3) is 10.0 Å². The quantitative estimate of drug-likeness (QED) is 0.481. The number of carbonyl (C=O) groups excluding carboxylic acids is 1. The molecule has 33 heavy (non-hydrogen) atoms. The van der Waals surface area contributed by atoms with Crippen LogP contribution in [0.25, 0.3) is 0 Å². The van der Waals surface area contributed by atoms with Crippen LogP contribution in [0, 0.1) is 6.92 Å². The van der Waals surface area contributed by atoms with E-state index >= 15 is 0 Å². The monoisotopic (exact) mass is 508 g/mol. The van der Waals surface area contributed by atoms with Crippen molar-refractivity contribution in [1.29, 1.82) is 0 Å². The maximum Gasteiger partial charge on any atom is 0.261 e. The molecule has 1 heterocycles. The highest BCUT2D eigenvalue weighted by molar-refractivity contribution is 7.92. The van der Waals surface area contributed by atoms with Gasteiger partial charge in [0.2, 0.25) is 15.9 Å². The lowest BCUT2D eigenvalue weighted by Gasteiger charge is -2.23. The summed E-state index contributed by atoms with van der Waals surface area (Å²) < 4.78 is 53.0. The van der Waals surface area contributed by atoms with Crippen molar-refractivity contribution in [3.8, 4) is 0 Å². The molecule has 3 aromatic rings. The molecule has 0 atom stereocenters. The molecule has 9 nitrogen and oxygen atoms in total. The van der Waals surface area contributed by atoms with Crippen LogP contribution in [0.1, 0.15) is 5.56 Å². The average Bonchev–Trinajstić information content (AvgIpc) is 2.74. The Balaban J connectivity index is 1.74. The average molecular weight is 509 g/mol. The second kappa shape index (κ2) is 9.77. The lowest BCUT2D eigenvalue weighted by Crippen LogP contribution is -2.37. The van der Waals surface area contributed by atoms with Crippen molar-refractivity contribution >= 4 is 54.6 Å².